The molecule has 0 aliphatic carbocycles. The van der Waals surface area contributed by atoms with Crippen LogP contribution in [-0.4, -0.2) is 11.4 Å². The van der Waals surface area contributed by atoms with E-state index in [1.54, 1.807) is 12.1 Å². The van der Waals surface area contributed by atoms with Crippen molar-refractivity contribution in [1.82, 2.24) is 4.98 Å². The lowest BCUT2D eigenvalue weighted by molar-refractivity contribution is -0.105. The number of aromatic nitrogens is 1. The van der Waals surface area contributed by atoms with E-state index in [4.69, 9.17) is 0 Å². The Hall–Kier alpha value is -0.900. The number of pyridine rings is 1. The van der Waals surface area contributed by atoms with Crippen molar-refractivity contribution < 1.29 is 4.79 Å². The number of nitrogens with one attached hydrogen (secondary N) is 1. The average molecular weight is 215 g/mol. The van der Waals surface area contributed by atoms with E-state index >= 15 is 0 Å². The molecular formula is C7H7BrN2O. The molecule has 0 aliphatic rings. The van der Waals surface area contributed by atoms with Crippen LogP contribution in [0, 0.1) is 6.92 Å². The molecule has 0 spiro atoms. The van der Waals surface area contributed by atoms with Crippen molar-refractivity contribution >= 4 is 28.0 Å². The number of halogens is 1. The van der Waals surface area contributed by atoms with Crippen LogP contribution in [0.3, 0.4) is 0 Å². The molecule has 3 nitrogen and oxygen atoms in total. The summed E-state index contributed by atoms with van der Waals surface area (Å²) in [5.74, 6) is 0. The van der Waals surface area contributed by atoms with E-state index < -0.39 is 0 Å². The first kappa shape index (κ1) is 8.20. The average Bonchev–Trinajstić information content (AvgIpc) is 1.95. The molecular weight excluding hydrogens is 208 g/mol. The number of hydrogen-bond donors (Lipinski definition) is 1. The molecule has 4 heteroatoms. The molecule has 11 heavy (non-hydrogen) atoms. The summed E-state index contributed by atoms with van der Waals surface area (Å²) in [7, 11) is 0. The van der Waals surface area contributed by atoms with Crippen LogP contribution < -0.4 is 5.32 Å². The van der Waals surface area contributed by atoms with Crippen LogP contribution >= 0.6 is 15.9 Å². The molecule has 0 fully saturated rings. The second-order valence-electron chi connectivity index (χ2n) is 2.03. The van der Waals surface area contributed by atoms with Crippen LogP contribution in [0.2, 0.25) is 0 Å². The van der Waals surface area contributed by atoms with Gasteiger partial charge in [0.25, 0.3) is 0 Å². The fourth-order valence-corrected chi connectivity index (χ4v) is 1.14. The van der Waals surface area contributed by atoms with E-state index in [0.717, 1.165) is 16.0 Å². The third kappa shape index (κ3) is 2.01. The van der Waals surface area contributed by atoms with Crippen molar-refractivity contribution in [3.05, 3.63) is 22.4 Å². The van der Waals surface area contributed by atoms with Gasteiger partial charge in [-0.25, -0.2) is 4.98 Å². The molecule has 0 saturated heterocycles. The quantitative estimate of drug-likeness (QED) is 0.602. The zero-order chi connectivity index (χ0) is 8.27. The largest absolute Gasteiger partial charge is 0.327 e. The monoisotopic (exact) mass is 214 g/mol. The Balaban J connectivity index is 2.98. The zero-order valence-corrected chi connectivity index (χ0v) is 7.55. The van der Waals surface area contributed by atoms with E-state index in [1.165, 1.54) is 0 Å². The summed E-state index contributed by atoms with van der Waals surface area (Å²) in [4.78, 5) is 14.1. The van der Waals surface area contributed by atoms with Gasteiger partial charge in [0.05, 0.1) is 11.4 Å². The first-order valence-corrected chi connectivity index (χ1v) is 3.86. The van der Waals surface area contributed by atoms with Gasteiger partial charge in [-0.1, -0.05) is 0 Å². The molecule has 1 aromatic heterocycles. The minimum atomic E-state index is 0.637. The number of aryl methyl sites for hydroxylation is 1. The predicted octanol–water partition coefficient (Wildman–Crippen LogP) is 1.72. The van der Waals surface area contributed by atoms with Crippen LogP contribution in [0.1, 0.15) is 5.69 Å². The van der Waals surface area contributed by atoms with E-state index in [2.05, 4.69) is 26.2 Å². The summed E-state index contributed by atoms with van der Waals surface area (Å²) in [6.45, 7) is 1.83. The molecule has 0 aliphatic heterocycles. The fourth-order valence-electron chi connectivity index (χ4n) is 0.746. The lowest BCUT2D eigenvalue weighted by Gasteiger charge is -2.01. The van der Waals surface area contributed by atoms with Gasteiger partial charge >= 0.3 is 0 Å². The number of hydrogen-bond acceptors (Lipinski definition) is 2. The summed E-state index contributed by atoms with van der Waals surface area (Å²) >= 11 is 3.22. The highest BCUT2D eigenvalue weighted by Gasteiger charge is 1.97. The number of anilines is 1. The SMILES string of the molecule is Cc1nc(Br)ccc1NC=O. The van der Waals surface area contributed by atoms with E-state index in [-0.39, 0.29) is 0 Å². The maximum Gasteiger partial charge on any atom is 0.211 e. The highest BCUT2D eigenvalue weighted by Crippen LogP contribution is 2.14. The van der Waals surface area contributed by atoms with Gasteiger partial charge in [-0.05, 0) is 35.0 Å². The Labute approximate surface area is 73.0 Å². The van der Waals surface area contributed by atoms with Crippen molar-refractivity contribution in [2.45, 2.75) is 6.92 Å². The Morgan fingerprint density at radius 2 is 2.36 bits per heavy atom. The van der Waals surface area contributed by atoms with Gasteiger partial charge < -0.3 is 5.32 Å². The number of carbonyl (C=O) groups excluding carboxylic acids is 1. The predicted molar refractivity (Wildman–Crippen MR) is 46.4 cm³/mol. The minimum absolute atomic E-state index is 0.637. The number of nitrogens with zero attached hydrogens (tertiary/aromatic N) is 1. The molecule has 1 heterocycles. The second-order valence-corrected chi connectivity index (χ2v) is 2.84. The standard InChI is InChI=1S/C7H7BrN2O/c1-5-6(9-4-11)2-3-7(8)10-5/h2-4H,1H3,(H,9,11). The molecule has 0 atom stereocenters. The highest BCUT2D eigenvalue weighted by atomic mass is 79.9. The number of amides is 1. The number of rotatable bonds is 2. The van der Waals surface area contributed by atoms with Gasteiger partial charge in [0.2, 0.25) is 6.41 Å². The molecule has 58 valence electrons. The van der Waals surface area contributed by atoms with Crippen LogP contribution in [0.25, 0.3) is 0 Å². The Kier molecular flexibility index (Phi) is 2.59. The maximum absolute atomic E-state index is 10.1. The van der Waals surface area contributed by atoms with E-state index in [1.807, 2.05) is 6.92 Å². The molecule has 0 saturated carbocycles. The van der Waals surface area contributed by atoms with Gasteiger partial charge in [0.15, 0.2) is 0 Å². The smallest absolute Gasteiger partial charge is 0.211 e. The van der Waals surface area contributed by atoms with Gasteiger partial charge in [-0.3, -0.25) is 4.79 Å². The lowest BCUT2D eigenvalue weighted by atomic mass is 10.3. The highest BCUT2D eigenvalue weighted by molar-refractivity contribution is 9.10. The van der Waals surface area contributed by atoms with E-state index in [9.17, 15) is 4.79 Å². The van der Waals surface area contributed by atoms with Crippen molar-refractivity contribution in [1.29, 1.82) is 0 Å². The van der Waals surface area contributed by atoms with E-state index in [0.29, 0.717) is 6.41 Å². The lowest BCUT2D eigenvalue weighted by Crippen LogP contribution is -1.97. The van der Waals surface area contributed by atoms with Gasteiger partial charge in [-0.2, -0.15) is 0 Å². The van der Waals surface area contributed by atoms with Gasteiger partial charge in [-0.15, -0.1) is 0 Å². The normalized spacial score (nSPS) is 9.27. The summed E-state index contributed by atoms with van der Waals surface area (Å²) in [6, 6.07) is 3.57. The van der Waals surface area contributed by atoms with Gasteiger partial charge in [0.1, 0.15) is 4.60 Å². The van der Waals surface area contributed by atoms with Crippen LogP contribution in [0.4, 0.5) is 5.69 Å². The first-order chi connectivity index (χ1) is 5.24. The van der Waals surface area contributed by atoms with Crippen LogP contribution in [0.5, 0.6) is 0 Å². The van der Waals surface area contributed by atoms with Crippen molar-refractivity contribution in [2.24, 2.45) is 0 Å². The number of carbonyl (C=O) groups is 1. The minimum Gasteiger partial charge on any atom is -0.327 e. The summed E-state index contributed by atoms with van der Waals surface area (Å²) in [6.07, 6.45) is 0.637. The summed E-state index contributed by atoms with van der Waals surface area (Å²) in [5, 5.41) is 2.54. The Bertz CT molecular complexity index is 275. The zero-order valence-electron chi connectivity index (χ0n) is 5.97. The molecule has 1 aromatic rings. The third-order valence-corrected chi connectivity index (χ3v) is 1.71. The van der Waals surface area contributed by atoms with Crippen LogP contribution in [-0.2, 0) is 4.79 Å². The summed E-state index contributed by atoms with van der Waals surface area (Å²) < 4.78 is 0.770. The summed E-state index contributed by atoms with van der Waals surface area (Å²) in [5.41, 5.74) is 1.54. The van der Waals surface area contributed by atoms with Gasteiger partial charge in [0, 0.05) is 0 Å². The first-order valence-electron chi connectivity index (χ1n) is 3.07. The molecule has 0 radical (unpaired) electrons. The second kappa shape index (κ2) is 3.48. The maximum atomic E-state index is 10.1. The molecule has 1 rings (SSSR count). The third-order valence-electron chi connectivity index (χ3n) is 1.27. The fraction of sp³-hybridized carbons (Fsp3) is 0.143. The van der Waals surface area contributed by atoms with Crippen molar-refractivity contribution in [3.63, 3.8) is 0 Å². The molecule has 1 N–H and O–H groups in total. The van der Waals surface area contributed by atoms with Crippen molar-refractivity contribution in [3.8, 4) is 0 Å². The molecule has 0 unspecified atom stereocenters. The van der Waals surface area contributed by atoms with Crippen LogP contribution in [0.15, 0.2) is 16.7 Å². The van der Waals surface area contributed by atoms with Crippen molar-refractivity contribution in [2.75, 3.05) is 5.32 Å². The molecule has 0 aromatic carbocycles. The Morgan fingerprint density at radius 3 is 2.91 bits per heavy atom. The molecule has 0 bridgehead atoms. The Morgan fingerprint density at radius 1 is 1.64 bits per heavy atom. The topological polar surface area (TPSA) is 42.0 Å². The molecule has 1 amide bonds.